The highest BCUT2D eigenvalue weighted by molar-refractivity contribution is 5.79. The van der Waals surface area contributed by atoms with Gasteiger partial charge in [0.05, 0.1) is 11.0 Å². The first-order chi connectivity index (χ1) is 11.7. The third kappa shape index (κ3) is 2.69. The third-order valence-electron chi connectivity index (χ3n) is 4.77. The number of nitrogens with zero attached hydrogens (tertiary/aromatic N) is 2. The molecular formula is C20H21N3O. The Morgan fingerprint density at radius 3 is 2.83 bits per heavy atom. The predicted octanol–water partition coefficient (Wildman–Crippen LogP) is 3.25. The average Bonchev–Trinajstić information content (AvgIpc) is 2.82. The van der Waals surface area contributed by atoms with E-state index in [0.29, 0.717) is 6.04 Å². The van der Waals surface area contributed by atoms with E-state index in [2.05, 4.69) is 59.3 Å². The van der Waals surface area contributed by atoms with E-state index in [1.54, 1.807) is 0 Å². The van der Waals surface area contributed by atoms with Crippen molar-refractivity contribution in [3.8, 4) is 0 Å². The number of rotatable bonds is 3. The molecule has 4 heteroatoms. The SMILES string of the molecule is CC1Cn2c(=O)[nH]c3cccc(c32)CN1C/C=C\c1ccccc1. The van der Waals surface area contributed by atoms with E-state index in [9.17, 15) is 4.79 Å². The normalized spacial score (nSPS) is 18.3. The van der Waals surface area contributed by atoms with Crippen molar-refractivity contribution in [2.75, 3.05) is 6.54 Å². The average molecular weight is 319 g/mol. The molecule has 1 aliphatic heterocycles. The van der Waals surface area contributed by atoms with Crippen molar-refractivity contribution in [1.29, 1.82) is 0 Å². The zero-order valence-corrected chi connectivity index (χ0v) is 13.8. The van der Waals surface area contributed by atoms with Gasteiger partial charge in [0, 0.05) is 25.7 Å². The quantitative estimate of drug-likeness (QED) is 0.805. The van der Waals surface area contributed by atoms with Gasteiger partial charge in [0.2, 0.25) is 0 Å². The van der Waals surface area contributed by atoms with E-state index in [4.69, 9.17) is 0 Å². The van der Waals surface area contributed by atoms with Gasteiger partial charge in [-0.1, -0.05) is 54.6 Å². The molecule has 1 unspecified atom stereocenters. The molecule has 0 radical (unpaired) electrons. The molecule has 4 nitrogen and oxygen atoms in total. The van der Waals surface area contributed by atoms with E-state index < -0.39 is 0 Å². The van der Waals surface area contributed by atoms with Crippen LogP contribution in [-0.2, 0) is 13.1 Å². The first-order valence-corrected chi connectivity index (χ1v) is 8.38. The minimum absolute atomic E-state index is 0.00835. The van der Waals surface area contributed by atoms with Crippen LogP contribution in [0, 0.1) is 0 Å². The zero-order chi connectivity index (χ0) is 16.5. The van der Waals surface area contributed by atoms with Crippen LogP contribution < -0.4 is 5.69 Å². The molecule has 0 aliphatic carbocycles. The van der Waals surface area contributed by atoms with Gasteiger partial charge >= 0.3 is 5.69 Å². The van der Waals surface area contributed by atoms with Gasteiger partial charge in [0.15, 0.2) is 0 Å². The molecule has 24 heavy (non-hydrogen) atoms. The highest BCUT2D eigenvalue weighted by Gasteiger charge is 2.22. The maximum Gasteiger partial charge on any atom is 0.326 e. The highest BCUT2D eigenvalue weighted by Crippen LogP contribution is 2.23. The number of imidazole rings is 1. The van der Waals surface area contributed by atoms with Crippen LogP contribution in [0.15, 0.2) is 59.4 Å². The molecule has 2 heterocycles. The van der Waals surface area contributed by atoms with Crippen LogP contribution >= 0.6 is 0 Å². The number of nitrogens with one attached hydrogen (secondary N) is 1. The lowest BCUT2D eigenvalue weighted by atomic mass is 10.1. The van der Waals surface area contributed by atoms with Gasteiger partial charge < -0.3 is 4.98 Å². The Kier molecular flexibility index (Phi) is 3.82. The molecular weight excluding hydrogens is 298 g/mol. The van der Waals surface area contributed by atoms with Crippen LogP contribution in [0.3, 0.4) is 0 Å². The Hall–Kier alpha value is -2.59. The molecule has 0 saturated heterocycles. The molecule has 3 aromatic rings. The second-order valence-corrected chi connectivity index (χ2v) is 6.45. The monoisotopic (exact) mass is 319 g/mol. The lowest BCUT2D eigenvalue weighted by Gasteiger charge is -2.25. The van der Waals surface area contributed by atoms with Crippen molar-refractivity contribution in [3.05, 3.63) is 76.2 Å². The summed E-state index contributed by atoms with van der Waals surface area (Å²) in [4.78, 5) is 17.6. The fourth-order valence-electron chi connectivity index (χ4n) is 3.48. The van der Waals surface area contributed by atoms with E-state index >= 15 is 0 Å². The van der Waals surface area contributed by atoms with Crippen molar-refractivity contribution >= 4 is 17.1 Å². The summed E-state index contributed by atoms with van der Waals surface area (Å²) in [5.74, 6) is 0. The summed E-state index contributed by atoms with van der Waals surface area (Å²) in [6.07, 6.45) is 4.36. The summed E-state index contributed by atoms with van der Waals surface area (Å²) in [6.45, 7) is 4.63. The molecule has 1 N–H and O–H groups in total. The van der Waals surface area contributed by atoms with Gasteiger partial charge in [-0.05, 0) is 24.1 Å². The number of benzene rings is 2. The first-order valence-electron chi connectivity index (χ1n) is 8.38. The van der Waals surface area contributed by atoms with Crippen molar-refractivity contribution in [2.24, 2.45) is 0 Å². The van der Waals surface area contributed by atoms with Gasteiger partial charge in [-0.2, -0.15) is 0 Å². The fraction of sp³-hybridized carbons (Fsp3) is 0.250. The molecule has 1 atom stereocenters. The van der Waals surface area contributed by atoms with Crippen molar-refractivity contribution in [3.63, 3.8) is 0 Å². The molecule has 1 aromatic heterocycles. The molecule has 4 rings (SSSR count). The Balaban J connectivity index is 1.60. The Morgan fingerprint density at radius 1 is 1.17 bits per heavy atom. The lowest BCUT2D eigenvalue weighted by Crippen LogP contribution is -2.35. The van der Waals surface area contributed by atoms with E-state index in [-0.39, 0.29) is 5.69 Å². The summed E-state index contributed by atoms with van der Waals surface area (Å²) >= 11 is 0. The third-order valence-corrected chi connectivity index (χ3v) is 4.77. The second kappa shape index (κ2) is 6.13. The molecule has 122 valence electrons. The summed E-state index contributed by atoms with van der Waals surface area (Å²) in [5, 5.41) is 0. The van der Waals surface area contributed by atoms with E-state index in [1.807, 2.05) is 22.8 Å². The summed E-state index contributed by atoms with van der Waals surface area (Å²) in [6, 6.07) is 16.8. The van der Waals surface area contributed by atoms with Crippen molar-refractivity contribution in [1.82, 2.24) is 14.5 Å². The fourth-order valence-corrected chi connectivity index (χ4v) is 3.48. The van der Waals surface area contributed by atoms with Crippen LogP contribution in [0.5, 0.6) is 0 Å². The lowest BCUT2D eigenvalue weighted by molar-refractivity contribution is 0.210. The predicted molar refractivity (Wildman–Crippen MR) is 97.9 cm³/mol. The molecule has 0 spiro atoms. The number of hydrogen-bond donors (Lipinski definition) is 1. The molecule has 0 fully saturated rings. The number of H-pyrrole nitrogens is 1. The summed E-state index contributed by atoms with van der Waals surface area (Å²) in [7, 11) is 0. The Bertz CT molecular complexity index is 936. The van der Waals surface area contributed by atoms with E-state index in [0.717, 1.165) is 30.7 Å². The van der Waals surface area contributed by atoms with Crippen LogP contribution in [-0.4, -0.2) is 27.0 Å². The van der Waals surface area contributed by atoms with Crippen LogP contribution in [0.4, 0.5) is 0 Å². The molecule has 0 amide bonds. The van der Waals surface area contributed by atoms with Crippen LogP contribution in [0.1, 0.15) is 18.1 Å². The maximum absolute atomic E-state index is 12.2. The Morgan fingerprint density at radius 2 is 2.00 bits per heavy atom. The van der Waals surface area contributed by atoms with Gasteiger partial charge in [-0.15, -0.1) is 0 Å². The first kappa shape index (κ1) is 15.0. The highest BCUT2D eigenvalue weighted by atomic mass is 16.1. The van der Waals surface area contributed by atoms with Gasteiger partial charge in [-0.25, -0.2) is 4.79 Å². The molecule has 2 aromatic carbocycles. The summed E-state index contributed by atoms with van der Waals surface area (Å²) in [5.41, 5.74) is 4.41. The van der Waals surface area contributed by atoms with Gasteiger partial charge in [-0.3, -0.25) is 9.47 Å². The number of para-hydroxylation sites is 1. The second-order valence-electron chi connectivity index (χ2n) is 6.45. The number of aromatic amines is 1. The largest absolute Gasteiger partial charge is 0.326 e. The number of aromatic nitrogens is 2. The van der Waals surface area contributed by atoms with E-state index in [1.165, 1.54) is 11.1 Å². The smallest absolute Gasteiger partial charge is 0.306 e. The minimum Gasteiger partial charge on any atom is -0.306 e. The van der Waals surface area contributed by atoms with Crippen LogP contribution in [0.25, 0.3) is 17.1 Å². The summed E-state index contributed by atoms with van der Waals surface area (Å²) < 4.78 is 1.89. The zero-order valence-electron chi connectivity index (χ0n) is 13.8. The molecule has 0 saturated carbocycles. The van der Waals surface area contributed by atoms with Crippen molar-refractivity contribution in [2.45, 2.75) is 26.1 Å². The van der Waals surface area contributed by atoms with Gasteiger partial charge in [0.1, 0.15) is 0 Å². The number of hydrogen-bond acceptors (Lipinski definition) is 2. The maximum atomic E-state index is 12.2. The van der Waals surface area contributed by atoms with Gasteiger partial charge in [0.25, 0.3) is 0 Å². The Labute approximate surface area is 141 Å². The molecule has 0 bridgehead atoms. The minimum atomic E-state index is -0.00835. The van der Waals surface area contributed by atoms with Crippen molar-refractivity contribution < 1.29 is 0 Å². The standard InChI is InChI=1S/C20H21N3O/c1-15-13-23-19-17(10-5-11-18(19)21-20(23)24)14-22(15)12-6-9-16-7-3-2-4-8-16/h2-11,15H,12-14H2,1H3,(H,21,24)/b9-6-. The topological polar surface area (TPSA) is 41.0 Å². The van der Waals surface area contributed by atoms with Crippen LogP contribution in [0.2, 0.25) is 0 Å². The molecule has 1 aliphatic rings.